The molecule has 2 nitrogen and oxygen atoms in total. The molecular weight excluding hydrogens is 266 g/mol. The molecule has 3 rings (SSSR count). The zero-order valence-electron chi connectivity index (χ0n) is 11.7. The maximum Gasteiger partial charge on any atom is 0.227 e. The molecule has 3 heteroatoms. The van der Waals surface area contributed by atoms with Gasteiger partial charge >= 0.3 is 0 Å². The summed E-state index contributed by atoms with van der Waals surface area (Å²) in [4.78, 5) is 15.9. The average molecular weight is 285 g/mol. The lowest BCUT2D eigenvalue weighted by molar-refractivity contribution is -0.131. The van der Waals surface area contributed by atoms with Crippen molar-refractivity contribution in [1.29, 1.82) is 0 Å². The molecule has 0 radical (unpaired) electrons. The summed E-state index contributed by atoms with van der Waals surface area (Å²) in [6, 6.07) is 12.8. The third-order valence-corrected chi connectivity index (χ3v) is 4.68. The van der Waals surface area contributed by atoms with E-state index in [-0.39, 0.29) is 5.91 Å². The number of benzene rings is 1. The van der Waals surface area contributed by atoms with E-state index in [4.69, 9.17) is 0 Å². The van der Waals surface area contributed by atoms with Crippen LogP contribution in [0.3, 0.4) is 0 Å². The SMILES string of the molecule is Cc1ccccc1CC(=O)N(Cc1cccs1)C1CC1. The zero-order valence-corrected chi connectivity index (χ0v) is 12.5. The predicted octanol–water partition coefficient (Wildman–Crippen LogP) is 3.79. The molecule has 1 amide bonds. The van der Waals surface area contributed by atoms with E-state index in [2.05, 4.69) is 41.5 Å². The van der Waals surface area contributed by atoms with Crippen molar-refractivity contribution < 1.29 is 4.79 Å². The van der Waals surface area contributed by atoms with E-state index in [0.717, 1.165) is 24.9 Å². The third kappa shape index (κ3) is 3.10. The number of rotatable bonds is 5. The molecule has 0 aliphatic heterocycles. The van der Waals surface area contributed by atoms with Crippen molar-refractivity contribution in [3.05, 3.63) is 57.8 Å². The summed E-state index contributed by atoms with van der Waals surface area (Å²) in [5.74, 6) is 0.259. The summed E-state index contributed by atoms with van der Waals surface area (Å²) in [6.45, 7) is 2.84. The topological polar surface area (TPSA) is 20.3 Å². The van der Waals surface area contributed by atoms with Gasteiger partial charge in [0.25, 0.3) is 0 Å². The predicted molar refractivity (Wildman–Crippen MR) is 82.8 cm³/mol. The standard InChI is InChI=1S/C17H19NOS/c1-13-5-2-3-6-14(13)11-17(19)18(15-8-9-15)12-16-7-4-10-20-16/h2-7,10,15H,8-9,11-12H2,1H3. The van der Waals surface area contributed by atoms with Crippen LogP contribution in [0.4, 0.5) is 0 Å². The Bertz CT molecular complexity index is 587. The van der Waals surface area contributed by atoms with Crippen LogP contribution in [0, 0.1) is 6.92 Å². The van der Waals surface area contributed by atoms with Crippen LogP contribution in [0.25, 0.3) is 0 Å². The van der Waals surface area contributed by atoms with Gasteiger partial charge in [-0.05, 0) is 42.3 Å². The molecule has 2 aromatic rings. The molecule has 1 aliphatic carbocycles. The molecule has 0 atom stereocenters. The highest BCUT2D eigenvalue weighted by atomic mass is 32.1. The van der Waals surface area contributed by atoms with E-state index in [1.165, 1.54) is 10.4 Å². The second-order valence-corrected chi connectivity index (χ2v) is 6.47. The van der Waals surface area contributed by atoms with Gasteiger partial charge in [0.05, 0.1) is 13.0 Å². The number of hydrogen-bond acceptors (Lipinski definition) is 2. The highest BCUT2D eigenvalue weighted by molar-refractivity contribution is 7.09. The van der Waals surface area contributed by atoms with Crippen LogP contribution in [0.15, 0.2) is 41.8 Å². The van der Waals surface area contributed by atoms with Crippen molar-refractivity contribution >= 4 is 17.2 Å². The quantitative estimate of drug-likeness (QED) is 0.818. The van der Waals surface area contributed by atoms with Crippen molar-refractivity contribution in [3.63, 3.8) is 0 Å². The Hall–Kier alpha value is -1.61. The number of amides is 1. The highest BCUT2D eigenvalue weighted by Crippen LogP contribution is 2.30. The number of nitrogens with zero attached hydrogens (tertiary/aromatic N) is 1. The fourth-order valence-corrected chi connectivity index (χ4v) is 3.15. The van der Waals surface area contributed by atoms with E-state index in [1.54, 1.807) is 11.3 Å². The van der Waals surface area contributed by atoms with Gasteiger partial charge < -0.3 is 4.90 Å². The third-order valence-electron chi connectivity index (χ3n) is 3.82. The van der Waals surface area contributed by atoms with Crippen LogP contribution in [0.1, 0.15) is 28.8 Å². The van der Waals surface area contributed by atoms with Crippen LogP contribution in [0.2, 0.25) is 0 Å². The Labute approximate surface area is 124 Å². The molecule has 1 aromatic carbocycles. The normalized spacial score (nSPS) is 14.2. The van der Waals surface area contributed by atoms with E-state index < -0.39 is 0 Å². The van der Waals surface area contributed by atoms with Crippen LogP contribution >= 0.6 is 11.3 Å². The van der Waals surface area contributed by atoms with Crippen molar-refractivity contribution in [2.75, 3.05) is 0 Å². The Balaban J connectivity index is 1.71. The first-order valence-corrected chi connectivity index (χ1v) is 7.98. The number of carbonyl (C=O) groups is 1. The Morgan fingerprint density at radius 2 is 2.05 bits per heavy atom. The molecule has 1 fully saturated rings. The molecule has 1 aliphatic rings. The van der Waals surface area contributed by atoms with Crippen LogP contribution in [-0.2, 0) is 17.8 Å². The van der Waals surface area contributed by atoms with Gasteiger partial charge in [0.1, 0.15) is 0 Å². The number of aryl methyl sites for hydroxylation is 1. The van der Waals surface area contributed by atoms with Gasteiger partial charge in [0.2, 0.25) is 5.91 Å². The van der Waals surface area contributed by atoms with Crippen molar-refractivity contribution in [2.45, 2.75) is 38.8 Å². The molecule has 0 N–H and O–H groups in total. The average Bonchev–Trinajstić information content (AvgIpc) is 3.15. The molecule has 1 saturated carbocycles. The largest absolute Gasteiger partial charge is 0.334 e. The molecule has 1 heterocycles. The van der Waals surface area contributed by atoms with Gasteiger partial charge in [-0.15, -0.1) is 11.3 Å². The first-order chi connectivity index (χ1) is 9.74. The molecule has 20 heavy (non-hydrogen) atoms. The van der Waals surface area contributed by atoms with E-state index in [0.29, 0.717) is 12.5 Å². The van der Waals surface area contributed by atoms with Crippen LogP contribution < -0.4 is 0 Å². The minimum absolute atomic E-state index is 0.259. The Kier molecular flexibility index (Phi) is 3.88. The molecule has 0 saturated heterocycles. The highest BCUT2D eigenvalue weighted by Gasteiger charge is 2.32. The monoisotopic (exact) mass is 285 g/mol. The first-order valence-electron chi connectivity index (χ1n) is 7.10. The van der Waals surface area contributed by atoms with Gasteiger partial charge in [0.15, 0.2) is 0 Å². The molecule has 0 unspecified atom stereocenters. The van der Waals surface area contributed by atoms with E-state index >= 15 is 0 Å². The van der Waals surface area contributed by atoms with E-state index in [9.17, 15) is 4.79 Å². The molecule has 1 aromatic heterocycles. The minimum atomic E-state index is 0.259. The van der Waals surface area contributed by atoms with E-state index in [1.807, 2.05) is 12.1 Å². The van der Waals surface area contributed by atoms with Gasteiger partial charge in [-0.25, -0.2) is 0 Å². The molecule has 104 valence electrons. The zero-order chi connectivity index (χ0) is 13.9. The number of carbonyl (C=O) groups excluding carboxylic acids is 1. The fraction of sp³-hybridized carbons (Fsp3) is 0.353. The van der Waals surface area contributed by atoms with Crippen LogP contribution in [-0.4, -0.2) is 16.8 Å². The lowest BCUT2D eigenvalue weighted by Crippen LogP contribution is -2.33. The summed E-state index contributed by atoms with van der Waals surface area (Å²) in [7, 11) is 0. The maximum absolute atomic E-state index is 12.6. The molecule has 0 spiro atoms. The number of hydrogen-bond donors (Lipinski definition) is 0. The fourth-order valence-electron chi connectivity index (χ4n) is 2.45. The van der Waals surface area contributed by atoms with Crippen molar-refractivity contribution in [2.24, 2.45) is 0 Å². The maximum atomic E-state index is 12.6. The van der Waals surface area contributed by atoms with Crippen LogP contribution in [0.5, 0.6) is 0 Å². The Morgan fingerprint density at radius 3 is 2.70 bits per heavy atom. The summed E-state index contributed by atoms with van der Waals surface area (Å²) in [5.41, 5.74) is 2.35. The Morgan fingerprint density at radius 1 is 1.25 bits per heavy atom. The smallest absolute Gasteiger partial charge is 0.227 e. The summed E-state index contributed by atoms with van der Waals surface area (Å²) < 4.78 is 0. The first kappa shape index (κ1) is 13.4. The summed E-state index contributed by atoms with van der Waals surface area (Å²) in [5, 5.41) is 2.08. The summed E-state index contributed by atoms with van der Waals surface area (Å²) >= 11 is 1.73. The number of thiophene rings is 1. The lowest BCUT2D eigenvalue weighted by Gasteiger charge is -2.22. The van der Waals surface area contributed by atoms with Crippen molar-refractivity contribution in [1.82, 2.24) is 4.90 Å². The second kappa shape index (κ2) is 5.80. The minimum Gasteiger partial charge on any atom is -0.334 e. The van der Waals surface area contributed by atoms with Gasteiger partial charge in [0, 0.05) is 10.9 Å². The molecular formula is C17H19NOS. The second-order valence-electron chi connectivity index (χ2n) is 5.44. The van der Waals surface area contributed by atoms with Gasteiger partial charge in [-0.3, -0.25) is 4.79 Å². The van der Waals surface area contributed by atoms with Crippen molar-refractivity contribution in [3.8, 4) is 0 Å². The lowest BCUT2D eigenvalue weighted by atomic mass is 10.1. The molecule has 0 bridgehead atoms. The van der Waals surface area contributed by atoms with Gasteiger partial charge in [-0.1, -0.05) is 30.3 Å². The summed E-state index contributed by atoms with van der Waals surface area (Å²) in [6.07, 6.45) is 2.84. The van der Waals surface area contributed by atoms with Gasteiger partial charge in [-0.2, -0.15) is 0 Å².